The molecule has 26 heavy (non-hydrogen) atoms. The van der Waals surface area contributed by atoms with Crippen LogP contribution in [-0.2, 0) is 5.54 Å². The second kappa shape index (κ2) is 17.0. The minimum Gasteiger partial charge on any atom is -0.308 e. The molecule has 0 saturated heterocycles. The minimum absolute atomic E-state index is 0. The summed E-state index contributed by atoms with van der Waals surface area (Å²) >= 11 is 0. The Kier molecular flexibility index (Phi) is 17.0. The third kappa shape index (κ3) is 13.1. The standard InChI is InChI=1S/C24H43N.HI/c1-4-5-6-7-8-9-10-11-12-13-14-15-19-22-25-24(2,3)23-20-17-16-18-21-23;/h16-18,20-21,25H,4-15,19,22H2,1-3H3;1H. The highest BCUT2D eigenvalue weighted by atomic mass is 127. The molecule has 0 amide bonds. The van der Waals surface area contributed by atoms with Gasteiger partial charge in [-0.15, -0.1) is 24.0 Å². The van der Waals surface area contributed by atoms with Gasteiger partial charge in [0.05, 0.1) is 0 Å². The lowest BCUT2D eigenvalue weighted by molar-refractivity contribution is 0.394. The van der Waals surface area contributed by atoms with Gasteiger partial charge in [-0.05, 0) is 32.4 Å². The molecule has 1 aromatic rings. The van der Waals surface area contributed by atoms with Crippen molar-refractivity contribution in [2.24, 2.45) is 0 Å². The Balaban J connectivity index is 0.00000625. The second-order valence-corrected chi connectivity index (χ2v) is 8.16. The zero-order valence-corrected chi connectivity index (χ0v) is 20.0. The van der Waals surface area contributed by atoms with E-state index in [1.165, 1.54) is 89.0 Å². The van der Waals surface area contributed by atoms with Gasteiger partial charge in [-0.1, -0.05) is 114 Å². The van der Waals surface area contributed by atoms with E-state index in [1.807, 2.05) is 0 Å². The SMILES string of the molecule is CCCCCCCCCCCCCCCNC(C)(C)c1ccccc1.I. The molecule has 1 aromatic carbocycles. The molecule has 0 aliphatic carbocycles. The average molecular weight is 474 g/mol. The Bertz CT molecular complexity index is 402. The zero-order chi connectivity index (χ0) is 18.2. The van der Waals surface area contributed by atoms with E-state index in [4.69, 9.17) is 0 Å². The number of unbranched alkanes of at least 4 members (excludes halogenated alkanes) is 12. The summed E-state index contributed by atoms with van der Waals surface area (Å²) in [7, 11) is 0. The fourth-order valence-electron chi connectivity index (χ4n) is 3.50. The molecule has 0 atom stereocenters. The van der Waals surface area contributed by atoms with Crippen LogP contribution < -0.4 is 5.32 Å². The molecule has 152 valence electrons. The number of nitrogens with one attached hydrogen (secondary N) is 1. The van der Waals surface area contributed by atoms with Gasteiger partial charge in [-0.2, -0.15) is 0 Å². The highest BCUT2D eigenvalue weighted by Gasteiger charge is 2.18. The van der Waals surface area contributed by atoms with Crippen LogP contribution in [0.25, 0.3) is 0 Å². The van der Waals surface area contributed by atoms with E-state index in [0.29, 0.717) is 0 Å². The van der Waals surface area contributed by atoms with Crippen molar-refractivity contribution >= 4 is 24.0 Å². The molecule has 1 nitrogen and oxygen atoms in total. The van der Waals surface area contributed by atoms with E-state index < -0.39 is 0 Å². The summed E-state index contributed by atoms with van der Waals surface area (Å²) in [5.41, 5.74) is 1.46. The number of hydrogen-bond acceptors (Lipinski definition) is 1. The van der Waals surface area contributed by atoms with E-state index in [2.05, 4.69) is 56.4 Å². The van der Waals surface area contributed by atoms with Crippen LogP contribution in [0.4, 0.5) is 0 Å². The van der Waals surface area contributed by atoms with Crippen molar-refractivity contribution in [1.29, 1.82) is 0 Å². The van der Waals surface area contributed by atoms with Gasteiger partial charge >= 0.3 is 0 Å². The normalized spacial score (nSPS) is 11.3. The van der Waals surface area contributed by atoms with Crippen molar-refractivity contribution in [3.05, 3.63) is 35.9 Å². The van der Waals surface area contributed by atoms with Crippen molar-refractivity contribution in [1.82, 2.24) is 5.32 Å². The molecular formula is C24H44IN. The minimum atomic E-state index is 0. The zero-order valence-electron chi connectivity index (χ0n) is 17.7. The lowest BCUT2D eigenvalue weighted by atomic mass is 9.94. The Labute approximate surface area is 181 Å². The first-order chi connectivity index (χ1) is 12.2. The van der Waals surface area contributed by atoms with Gasteiger partial charge in [-0.3, -0.25) is 0 Å². The fourth-order valence-corrected chi connectivity index (χ4v) is 3.50. The van der Waals surface area contributed by atoms with Crippen LogP contribution >= 0.6 is 24.0 Å². The molecule has 1 rings (SSSR count). The molecule has 0 aromatic heterocycles. The highest BCUT2D eigenvalue weighted by molar-refractivity contribution is 14.0. The third-order valence-corrected chi connectivity index (χ3v) is 5.34. The van der Waals surface area contributed by atoms with Gasteiger partial charge < -0.3 is 5.32 Å². The Morgan fingerprint density at radius 1 is 0.654 bits per heavy atom. The van der Waals surface area contributed by atoms with Gasteiger partial charge in [0.25, 0.3) is 0 Å². The van der Waals surface area contributed by atoms with Crippen LogP contribution in [0.2, 0.25) is 0 Å². The van der Waals surface area contributed by atoms with Crippen LogP contribution in [0.1, 0.15) is 110 Å². The van der Waals surface area contributed by atoms with E-state index in [-0.39, 0.29) is 29.5 Å². The van der Waals surface area contributed by atoms with Crippen LogP contribution in [-0.4, -0.2) is 6.54 Å². The molecule has 0 fully saturated rings. The summed E-state index contributed by atoms with van der Waals surface area (Å²) < 4.78 is 0. The fraction of sp³-hybridized carbons (Fsp3) is 0.750. The summed E-state index contributed by atoms with van der Waals surface area (Å²) in [6, 6.07) is 10.8. The Hall–Kier alpha value is -0.0900. The van der Waals surface area contributed by atoms with Crippen LogP contribution in [0.3, 0.4) is 0 Å². The number of rotatable bonds is 16. The quantitative estimate of drug-likeness (QED) is 0.188. The molecule has 0 saturated carbocycles. The van der Waals surface area contributed by atoms with Gasteiger partial charge in [0, 0.05) is 5.54 Å². The summed E-state index contributed by atoms with van der Waals surface area (Å²) in [4.78, 5) is 0. The molecule has 0 heterocycles. The first kappa shape index (κ1) is 25.9. The van der Waals surface area contributed by atoms with Gasteiger partial charge in [0.2, 0.25) is 0 Å². The predicted octanol–water partition coefficient (Wildman–Crippen LogP) is 8.22. The molecule has 0 aliphatic heterocycles. The molecular weight excluding hydrogens is 429 g/mol. The van der Waals surface area contributed by atoms with Crippen molar-refractivity contribution < 1.29 is 0 Å². The molecule has 0 unspecified atom stereocenters. The summed E-state index contributed by atoms with van der Waals surface area (Å²) in [6.45, 7) is 7.98. The summed E-state index contributed by atoms with van der Waals surface area (Å²) in [6.07, 6.45) is 18.5. The number of halogens is 1. The van der Waals surface area contributed by atoms with E-state index in [0.717, 1.165) is 6.54 Å². The van der Waals surface area contributed by atoms with Crippen LogP contribution in [0, 0.1) is 0 Å². The van der Waals surface area contributed by atoms with Crippen molar-refractivity contribution in [3.8, 4) is 0 Å². The maximum absolute atomic E-state index is 3.71. The molecule has 0 bridgehead atoms. The monoisotopic (exact) mass is 473 g/mol. The topological polar surface area (TPSA) is 12.0 Å². The Morgan fingerprint density at radius 2 is 1.08 bits per heavy atom. The third-order valence-electron chi connectivity index (χ3n) is 5.34. The van der Waals surface area contributed by atoms with Gasteiger partial charge in [-0.25, -0.2) is 0 Å². The first-order valence-corrected chi connectivity index (χ1v) is 11.0. The van der Waals surface area contributed by atoms with E-state index >= 15 is 0 Å². The van der Waals surface area contributed by atoms with Crippen LogP contribution in [0.15, 0.2) is 30.3 Å². The Morgan fingerprint density at radius 3 is 1.54 bits per heavy atom. The maximum Gasteiger partial charge on any atom is 0.0377 e. The summed E-state index contributed by atoms with van der Waals surface area (Å²) in [5.74, 6) is 0. The van der Waals surface area contributed by atoms with Crippen LogP contribution in [0.5, 0.6) is 0 Å². The lowest BCUT2D eigenvalue weighted by Gasteiger charge is -2.27. The largest absolute Gasteiger partial charge is 0.308 e. The van der Waals surface area contributed by atoms with E-state index in [1.54, 1.807) is 0 Å². The smallest absolute Gasteiger partial charge is 0.0377 e. The summed E-state index contributed by atoms with van der Waals surface area (Å²) in [5, 5.41) is 3.71. The maximum atomic E-state index is 3.71. The van der Waals surface area contributed by atoms with Gasteiger partial charge in [0.15, 0.2) is 0 Å². The second-order valence-electron chi connectivity index (χ2n) is 8.16. The highest BCUT2D eigenvalue weighted by Crippen LogP contribution is 2.19. The first-order valence-electron chi connectivity index (χ1n) is 11.0. The number of benzene rings is 1. The molecule has 0 spiro atoms. The number of hydrogen-bond donors (Lipinski definition) is 1. The van der Waals surface area contributed by atoms with E-state index in [9.17, 15) is 0 Å². The lowest BCUT2D eigenvalue weighted by Crippen LogP contribution is -2.37. The van der Waals surface area contributed by atoms with Crippen molar-refractivity contribution in [2.75, 3.05) is 6.54 Å². The van der Waals surface area contributed by atoms with Crippen molar-refractivity contribution in [3.63, 3.8) is 0 Å². The predicted molar refractivity (Wildman–Crippen MR) is 129 cm³/mol. The van der Waals surface area contributed by atoms with Crippen molar-refractivity contribution in [2.45, 2.75) is 110 Å². The molecule has 0 radical (unpaired) electrons. The molecule has 0 aliphatic rings. The average Bonchev–Trinajstić information content (AvgIpc) is 2.63. The molecule has 2 heteroatoms. The van der Waals surface area contributed by atoms with Gasteiger partial charge in [0.1, 0.15) is 0 Å². The molecule has 1 N–H and O–H groups in total.